The van der Waals surface area contributed by atoms with Gasteiger partial charge in [0, 0.05) is 17.7 Å². The smallest absolute Gasteiger partial charge is 0.311 e. The maximum absolute atomic E-state index is 11.4. The summed E-state index contributed by atoms with van der Waals surface area (Å²) in [7, 11) is 0. The van der Waals surface area contributed by atoms with Gasteiger partial charge in [0.05, 0.1) is 0 Å². The minimum atomic E-state index is -0.486. The molecule has 0 saturated heterocycles. The predicted octanol–water partition coefficient (Wildman–Crippen LogP) is 0.520. The first-order chi connectivity index (χ1) is 6.69. The molecule has 0 aromatic carbocycles. The molecule has 0 atom stereocenters. The van der Waals surface area contributed by atoms with Crippen LogP contribution in [0, 0.1) is 0 Å². The monoisotopic (exact) mass is 192 g/mol. The molecule has 0 spiro atoms. The van der Waals surface area contributed by atoms with Gasteiger partial charge in [-0.1, -0.05) is 12.2 Å². The standard InChI is InChI=1S/C10H12N2O2/c1-3-5-7-8(6-4-2)11-10(14)12-9(7)13/h3-4H,1-2,5-6H2,(H2,11,12,13,14). The van der Waals surface area contributed by atoms with Crippen molar-refractivity contribution >= 4 is 0 Å². The molecule has 1 heterocycles. The number of rotatable bonds is 4. The van der Waals surface area contributed by atoms with Gasteiger partial charge in [0.2, 0.25) is 0 Å². The molecular formula is C10H12N2O2. The fraction of sp³-hybridized carbons (Fsp3) is 0.200. The van der Waals surface area contributed by atoms with Crippen LogP contribution in [0.3, 0.4) is 0 Å². The van der Waals surface area contributed by atoms with E-state index in [2.05, 4.69) is 23.1 Å². The van der Waals surface area contributed by atoms with E-state index in [-0.39, 0.29) is 5.56 Å². The number of H-pyrrole nitrogens is 2. The largest absolute Gasteiger partial charge is 0.325 e. The second kappa shape index (κ2) is 4.41. The van der Waals surface area contributed by atoms with E-state index in [1.165, 1.54) is 0 Å². The van der Waals surface area contributed by atoms with E-state index >= 15 is 0 Å². The van der Waals surface area contributed by atoms with Crippen LogP contribution in [0.1, 0.15) is 11.3 Å². The first kappa shape index (κ1) is 10.2. The Labute approximate surface area is 81.0 Å². The number of nitrogens with one attached hydrogen (secondary N) is 2. The van der Waals surface area contributed by atoms with Crippen molar-refractivity contribution in [3.8, 4) is 0 Å². The predicted molar refractivity (Wildman–Crippen MR) is 55.5 cm³/mol. The molecule has 0 saturated carbocycles. The Morgan fingerprint density at radius 1 is 1.07 bits per heavy atom. The molecule has 4 nitrogen and oxygen atoms in total. The van der Waals surface area contributed by atoms with E-state index in [0.29, 0.717) is 24.1 Å². The molecule has 1 aromatic heterocycles. The van der Waals surface area contributed by atoms with Crippen LogP contribution in [-0.4, -0.2) is 9.97 Å². The van der Waals surface area contributed by atoms with Crippen LogP contribution in [0.25, 0.3) is 0 Å². The van der Waals surface area contributed by atoms with Crippen molar-refractivity contribution in [2.75, 3.05) is 0 Å². The minimum absolute atomic E-state index is 0.356. The lowest BCUT2D eigenvalue weighted by atomic mass is 10.1. The summed E-state index contributed by atoms with van der Waals surface area (Å²) in [5.74, 6) is 0. The van der Waals surface area contributed by atoms with Crippen LogP contribution in [0.2, 0.25) is 0 Å². The average Bonchev–Trinajstić information content (AvgIpc) is 2.11. The van der Waals surface area contributed by atoms with Crippen molar-refractivity contribution < 1.29 is 0 Å². The summed E-state index contributed by atoms with van der Waals surface area (Å²) in [5.41, 5.74) is 0.304. The Kier molecular flexibility index (Phi) is 3.23. The third kappa shape index (κ3) is 2.10. The molecule has 1 aromatic rings. The third-order valence-electron chi connectivity index (χ3n) is 1.83. The van der Waals surface area contributed by atoms with Gasteiger partial charge in [-0.25, -0.2) is 4.79 Å². The second-order valence-electron chi connectivity index (χ2n) is 2.85. The van der Waals surface area contributed by atoms with E-state index in [0.717, 1.165) is 0 Å². The fourth-order valence-corrected chi connectivity index (χ4v) is 1.24. The van der Waals surface area contributed by atoms with Gasteiger partial charge < -0.3 is 4.98 Å². The van der Waals surface area contributed by atoms with Crippen LogP contribution in [0.15, 0.2) is 34.9 Å². The van der Waals surface area contributed by atoms with Crippen molar-refractivity contribution in [1.82, 2.24) is 9.97 Å². The number of aromatic nitrogens is 2. The van der Waals surface area contributed by atoms with Crippen molar-refractivity contribution in [2.24, 2.45) is 0 Å². The highest BCUT2D eigenvalue weighted by molar-refractivity contribution is 5.20. The average molecular weight is 192 g/mol. The lowest BCUT2D eigenvalue weighted by Crippen LogP contribution is -2.27. The molecule has 0 aliphatic heterocycles. The molecule has 0 unspecified atom stereocenters. The highest BCUT2D eigenvalue weighted by Gasteiger charge is 2.05. The summed E-state index contributed by atoms with van der Waals surface area (Å²) >= 11 is 0. The molecule has 0 amide bonds. The number of hydrogen-bond donors (Lipinski definition) is 2. The molecule has 74 valence electrons. The zero-order valence-corrected chi connectivity index (χ0v) is 7.80. The van der Waals surface area contributed by atoms with Crippen LogP contribution in [0.5, 0.6) is 0 Å². The molecule has 0 aliphatic rings. The minimum Gasteiger partial charge on any atom is -0.311 e. The Balaban J connectivity index is 3.35. The Hall–Kier alpha value is -1.84. The molecule has 0 radical (unpaired) electrons. The molecule has 0 aliphatic carbocycles. The van der Waals surface area contributed by atoms with Gasteiger partial charge in [-0.2, -0.15) is 0 Å². The van der Waals surface area contributed by atoms with Crippen LogP contribution >= 0.6 is 0 Å². The lowest BCUT2D eigenvalue weighted by molar-refractivity contribution is 0.917. The topological polar surface area (TPSA) is 65.7 Å². The third-order valence-corrected chi connectivity index (χ3v) is 1.83. The molecule has 1 rings (SSSR count). The highest BCUT2D eigenvalue weighted by Crippen LogP contribution is 2.00. The Morgan fingerprint density at radius 3 is 2.29 bits per heavy atom. The van der Waals surface area contributed by atoms with E-state index in [4.69, 9.17) is 0 Å². The number of hydrogen-bond acceptors (Lipinski definition) is 2. The van der Waals surface area contributed by atoms with Crippen molar-refractivity contribution in [2.45, 2.75) is 12.8 Å². The fourth-order valence-electron chi connectivity index (χ4n) is 1.24. The number of allylic oxidation sites excluding steroid dienone is 2. The van der Waals surface area contributed by atoms with Gasteiger partial charge in [-0.15, -0.1) is 13.2 Å². The van der Waals surface area contributed by atoms with Crippen LogP contribution in [0.4, 0.5) is 0 Å². The first-order valence-corrected chi connectivity index (χ1v) is 4.25. The highest BCUT2D eigenvalue weighted by atomic mass is 16.2. The van der Waals surface area contributed by atoms with Crippen LogP contribution in [-0.2, 0) is 12.8 Å². The summed E-state index contributed by atoms with van der Waals surface area (Å²) in [6.07, 6.45) is 4.17. The Morgan fingerprint density at radius 2 is 1.71 bits per heavy atom. The SMILES string of the molecule is C=CCc1[nH]c(=O)[nH]c(=O)c1CC=C. The maximum Gasteiger partial charge on any atom is 0.325 e. The van der Waals surface area contributed by atoms with Crippen molar-refractivity contribution in [3.05, 3.63) is 57.4 Å². The van der Waals surface area contributed by atoms with Crippen molar-refractivity contribution in [3.63, 3.8) is 0 Å². The summed E-state index contributed by atoms with van der Waals surface area (Å²) in [6.45, 7) is 7.11. The molecule has 0 fully saturated rings. The van der Waals surface area contributed by atoms with Crippen molar-refractivity contribution in [1.29, 1.82) is 0 Å². The summed E-state index contributed by atoms with van der Waals surface area (Å²) in [4.78, 5) is 27.1. The number of aromatic amines is 2. The van der Waals surface area contributed by atoms with E-state index < -0.39 is 5.69 Å². The molecular weight excluding hydrogens is 180 g/mol. The zero-order chi connectivity index (χ0) is 10.6. The van der Waals surface area contributed by atoms with Gasteiger partial charge in [0.1, 0.15) is 0 Å². The van der Waals surface area contributed by atoms with Gasteiger partial charge in [-0.3, -0.25) is 9.78 Å². The molecule has 2 N–H and O–H groups in total. The maximum atomic E-state index is 11.4. The molecule has 14 heavy (non-hydrogen) atoms. The Bertz CT molecular complexity index is 454. The summed E-state index contributed by atoms with van der Waals surface area (Å²) in [5, 5.41) is 0. The molecule has 0 bridgehead atoms. The summed E-state index contributed by atoms with van der Waals surface area (Å²) in [6, 6.07) is 0. The lowest BCUT2D eigenvalue weighted by Gasteiger charge is -2.02. The van der Waals surface area contributed by atoms with Gasteiger partial charge in [0.15, 0.2) is 0 Å². The zero-order valence-electron chi connectivity index (χ0n) is 7.80. The normalized spacial score (nSPS) is 9.71. The van der Waals surface area contributed by atoms with Gasteiger partial charge in [0.25, 0.3) is 5.56 Å². The van der Waals surface area contributed by atoms with E-state index in [1.54, 1.807) is 12.2 Å². The first-order valence-electron chi connectivity index (χ1n) is 4.25. The van der Waals surface area contributed by atoms with Gasteiger partial charge >= 0.3 is 5.69 Å². The quantitative estimate of drug-likeness (QED) is 0.683. The van der Waals surface area contributed by atoms with Crippen LogP contribution < -0.4 is 11.2 Å². The van der Waals surface area contributed by atoms with Gasteiger partial charge in [-0.05, 0) is 6.42 Å². The van der Waals surface area contributed by atoms with E-state index in [9.17, 15) is 9.59 Å². The molecule has 4 heteroatoms. The van der Waals surface area contributed by atoms with E-state index in [1.807, 2.05) is 0 Å². The second-order valence-corrected chi connectivity index (χ2v) is 2.85. The summed E-state index contributed by atoms with van der Waals surface area (Å²) < 4.78 is 0.